The summed E-state index contributed by atoms with van der Waals surface area (Å²) >= 11 is 5.27. The molecule has 0 aliphatic rings. The van der Waals surface area contributed by atoms with Gasteiger partial charge in [-0.1, -0.05) is 23.1 Å². The molecule has 0 radical (unpaired) electrons. The molecule has 5 heteroatoms. The van der Waals surface area contributed by atoms with Crippen LogP contribution in [0.5, 0.6) is 0 Å². The molecule has 0 aliphatic carbocycles. The predicted molar refractivity (Wildman–Crippen MR) is 63.3 cm³/mol. The SMILES string of the molecule is Cc1ccc(CSc2nnc(C)s2)s1. The van der Waals surface area contributed by atoms with Gasteiger partial charge < -0.3 is 0 Å². The van der Waals surface area contributed by atoms with E-state index in [1.54, 1.807) is 23.1 Å². The average molecular weight is 242 g/mol. The first-order valence-electron chi connectivity index (χ1n) is 4.22. The molecule has 0 saturated carbocycles. The van der Waals surface area contributed by atoms with Crippen molar-refractivity contribution in [1.82, 2.24) is 10.2 Å². The molecule has 2 nitrogen and oxygen atoms in total. The first-order valence-corrected chi connectivity index (χ1v) is 6.84. The minimum absolute atomic E-state index is 1.01. The summed E-state index contributed by atoms with van der Waals surface area (Å²) in [6.07, 6.45) is 0. The topological polar surface area (TPSA) is 25.8 Å². The Labute approximate surface area is 95.4 Å². The Hall–Kier alpha value is -0.390. The van der Waals surface area contributed by atoms with Crippen molar-refractivity contribution in [2.75, 3.05) is 0 Å². The summed E-state index contributed by atoms with van der Waals surface area (Å²) < 4.78 is 1.06. The van der Waals surface area contributed by atoms with Crippen LogP contribution in [0, 0.1) is 13.8 Å². The third-order valence-corrected chi connectivity index (χ3v) is 4.85. The fraction of sp³-hybridized carbons (Fsp3) is 0.333. The molecule has 0 N–H and O–H groups in total. The fourth-order valence-corrected chi connectivity index (χ4v) is 3.78. The van der Waals surface area contributed by atoms with Gasteiger partial charge in [0, 0.05) is 15.5 Å². The van der Waals surface area contributed by atoms with E-state index in [1.807, 2.05) is 18.3 Å². The largest absolute Gasteiger partial charge is 0.174 e. The van der Waals surface area contributed by atoms with Gasteiger partial charge in [-0.2, -0.15) is 0 Å². The summed E-state index contributed by atoms with van der Waals surface area (Å²) in [5.74, 6) is 1.01. The van der Waals surface area contributed by atoms with E-state index in [2.05, 4.69) is 29.3 Å². The van der Waals surface area contributed by atoms with Crippen LogP contribution in [0.4, 0.5) is 0 Å². The van der Waals surface area contributed by atoms with Crippen molar-refractivity contribution in [2.45, 2.75) is 23.9 Å². The van der Waals surface area contributed by atoms with E-state index in [1.165, 1.54) is 9.75 Å². The van der Waals surface area contributed by atoms with Gasteiger partial charge >= 0.3 is 0 Å². The zero-order valence-electron chi connectivity index (χ0n) is 7.98. The van der Waals surface area contributed by atoms with Gasteiger partial charge in [0.1, 0.15) is 5.01 Å². The molecule has 2 heterocycles. The molecule has 2 aromatic rings. The molecule has 74 valence electrons. The summed E-state index contributed by atoms with van der Waals surface area (Å²) in [5.41, 5.74) is 0. The summed E-state index contributed by atoms with van der Waals surface area (Å²) in [5, 5.41) is 9.10. The lowest BCUT2D eigenvalue weighted by Gasteiger charge is -1.91. The Morgan fingerprint density at radius 1 is 1.21 bits per heavy atom. The third-order valence-electron chi connectivity index (χ3n) is 1.64. The van der Waals surface area contributed by atoms with Gasteiger partial charge in [0.25, 0.3) is 0 Å². The molecule has 0 saturated heterocycles. The van der Waals surface area contributed by atoms with Crippen molar-refractivity contribution in [3.8, 4) is 0 Å². The summed E-state index contributed by atoms with van der Waals surface area (Å²) in [4.78, 5) is 2.77. The van der Waals surface area contributed by atoms with E-state index in [4.69, 9.17) is 0 Å². The maximum Gasteiger partial charge on any atom is 0.174 e. The monoisotopic (exact) mass is 242 g/mol. The van der Waals surface area contributed by atoms with Crippen molar-refractivity contribution < 1.29 is 0 Å². The number of rotatable bonds is 3. The molecular formula is C9H10N2S3. The number of aryl methyl sites for hydroxylation is 2. The maximum absolute atomic E-state index is 4.07. The Kier molecular flexibility index (Phi) is 3.20. The second-order valence-electron chi connectivity index (χ2n) is 2.89. The van der Waals surface area contributed by atoms with Crippen LogP contribution in [0.2, 0.25) is 0 Å². The van der Waals surface area contributed by atoms with E-state index >= 15 is 0 Å². The Balaban J connectivity index is 1.94. The normalized spacial score (nSPS) is 10.7. The van der Waals surface area contributed by atoms with Gasteiger partial charge in [0.2, 0.25) is 0 Å². The molecule has 2 rings (SSSR count). The van der Waals surface area contributed by atoms with Crippen LogP contribution in [0.15, 0.2) is 16.5 Å². The zero-order chi connectivity index (χ0) is 9.97. The second kappa shape index (κ2) is 4.42. The molecule has 0 atom stereocenters. The second-order valence-corrected chi connectivity index (χ2v) is 6.66. The first kappa shape index (κ1) is 10.1. The van der Waals surface area contributed by atoms with E-state index < -0.39 is 0 Å². The maximum atomic E-state index is 4.07. The molecule has 2 aromatic heterocycles. The van der Waals surface area contributed by atoms with Gasteiger partial charge in [-0.25, -0.2) is 0 Å². The Bertz CT molecular complexity index is 379. The number of hydrogen-bond acceptors (Lipinski definition) is 5. The van der Waals surface area contributed by atoms with Crippen LogP contribution < -0.4 is 0 Å². The predicted octanol–water partition coefficient (Wildman–Crippen LogP) is 3.51. The van der Waals surface area contributed by atoms with Gasteiger partial charge in [-0.05, 0) is 26.0 Å². The minimum Gasteiger partial charge on any atom is -0.145 e. The van der Waals surface area contributed by atoms with Crippen LogP contribution in [0.25, 0.3) is 0 Å². The van der Waals surface area contributed by atoms with E-state index in [0.29, 0.717) is 0 Å². The van der Waals surface area contributed by atoms with Crippen molar-refractivity contribution in [3.05, 3.63) is 26.9 Å². The Morgan fingerprint density at radius 2 is 2.07 bits per heavy atom. The van der Waals surface area contributed by atoms with Crippen LogP contribution in [-0.4, -0.2) is 10.2 Å². The highest BCUT2D eigenvalue weighted by molar-refractivity contribution is 8.00. The van der Waals surface area contributed by atoms with Crippen molar-refractivity contribution in [2.24, 2.45) is 0 Å². The molecule has 0 bridgehead atoms. The van der Waals surface area contributed by atoms with Gasteiger partial charge in [-0.15, -0.1) is 21.5 Å². The molecular weight excluding hydrogens is 232 g/mol. The van der Waals surface area contributed by atoms with Crippen LogP contribution in [-0.2, 0) is 5.75 Å². The highest BCUT2D eigenvalue weighted by atomic mass is 32.2. The van der Waals surface area contributed by atoms with Crippen molar-refractivity contribution >= 4 is 34.4 Å². The molecule has 0 fully saturated rings. The van der Waals surface area contributed by atoms with Gasteiger partial charge in [0.15, 0.2) is 4.34 Å². The van der Waals surface area contributed by atoms with Crippen molar-refractivity contribution in [1.29, 1.82) is 0 Å². The van der Waals surface area contributed by atoms with E-state index in [-0.39, 0.29) is 0 Å². The highest BCUT2D eigenvalue weighted by Crippen LogP contribution is 2.28. The van der Waals surface area contributed by atoms with Crippen LogP contribution >= 0.6 is 34.4 Å². The van der Waals surface area contributed by atoms with E-state index in [0.717, 1.165) is 15.1 Å². The lowest BCUT2D eigenvalue weighted by atomic mass is 10.5. The number of thiophene rings is 1. The number of aromatic nitrogens is 2. The van der Waals surface area contributed by atoms with Crippen molar-refractivity contribution in [3.63, 3.8) is 0 Å². The number of hydrogen-bond donors (Lipinski definition) is 0. The smallest absolute Gasteiger partial charge is 0.145 e. The summed E-state index contributed by atoms with van der Waals surface area (Å²) in [6, 6.07) is 4.34. The van der Waals surface area contributed by atoms with E-state index in [9.17, 15) is 0 Å². The fourth-order valence-electron chi connectivity index (χ4n) is 1.03. The van der Waals surface area contributed by atoms with Gasteiger partial charge in [0.05, 0.1) is 0 Å². The minimum atomic E-state index is 1.01. The summed E-state index contributed by atoms with van der Waals surface area (Å²) in [6.45, 7) is 4.12. The molecule has 14 heavy (non-hydrogen) atoms. The number of nitrogens with zero attached hydrogens (tertiary/aromatic N) is 2. The molecule has 0 spiro atoms. The lowest BCUT2D eigenvalue weighted by Crippen LogP contribution is -1.73. The lowest BCUT2D eigenvalue weighted by molar-refractivity contribution is 0.984. The summed E-state index contributed by atoms with van der Waals surface area (Å²) in [7, 11) is 0. The third kappa shape index (κ3) is 2.56. The number of thioether (sulfide) groups is 1. The molecule has 0 amide bonds. The zero-order valence-corrected chi connectivity index (χ0v) is 10.4. The van der Waals surface area contributed by atoms with Gasteiger partial charge in [-0.3, -0.25) is 0 Å². The molecule has 0 aliphatic heterocycles. The Morgan fingerprint density at radius 3 is 2.64 bits per heavy atom. The molecule has 0 aromatic carbocycles. The average Bonchev–Trinajstić information content (AvgIpc) is 2.72. The molecule has 0 unspecified atom stereocenters. The van der Waals surface area contributed by atoms with Crippen LogP contribution in [0.1, 0.15) is 14.8 Å². The van der Waals surface area contributed by atoms with Crippen LogP contribution in [0.3, 0.4) is 0 Å². The first-order chi connectivity index (χ1) is 6.74. The standard InChI is InChI=1S/C9H10N2S3/c1-6-3-4-8(13-6)5-12-9-11-10-7(2)14-9/h3-4H,5H2,1-2H3. The quantitative estimate of drug-likeness (QED) is 0.770. The highest BCUT2D eigenvalue weighted by Gasteiger charge is 2.02.